The molecular formula is C27H24N4O4S. The second-order valence-electron chi connectivity index (χ2n) is 8.96. The van der Waals surface area contributed by atoms with E-state index in [4.69, 9.17) is 14.6 Å². The van der Waals surface area contributed by atoms with Crippen LogP contribution in [-0.2, 0) is 17.9 Å². The SMILES string of the molecule is CC1(C(=O)NCc2ccccc2)Cn2nc(-c3cccs3)cc2C(=O)N1c1ccc2c(c1)OCCO2. The van der Waals surface area contributed by atoms with Gasteiger partial charge in [-0.15, -0.1) is 11.3 Å². The lowest BCUT2D eigenvalue weighted by Gasteiger charge is -2.43. The van der Waals surface area contributed by atoms with Gasteiger partial charge in [0.2, 0.25) is 5.91 Å². The van der Waals surface area contributed by atoms with Crippen LogP contribution in [0.4, 0.5) is 5.69 Å². The van der Waals surface area contributed by atoms with Crippen LogP contribution in [0.3, 0.4) is 0 Å². The predicted octanol–water partition coefficient (Wildman–Crippen LogP) is 4.12. The molecule has 2 aliphatic heterocycles. The van der Waals surface area contributed by atoms with Gasteiger partial charge in [0.05, 0.1) is 11.4 Å². The molecule has 0 fully saturated rings. The number of fused-ring (bicyclic) bond motifs is 2. The summed E-state index contributed by atoms with van der Waals surface area (Å²) < 4.78 is 13.1. The van der Waals surface area contributed by atoms with Gasteiger partial charge in [0.15, 0.2) is 11.5 Å². The second kappa shape index (κ2) is 8.83. The van der Waals surface area contributed by atoms with E-state index in [0.717, 1.165) is 10.4 Å². The molecule has 2 aliphatic rings. The van der Waals surface area contributed by atoms with Crippen LogP contribution in [0.1, 0.15) is 23.0 Å². The molecule has 1 N–H and O–H groups in total. The molecule has 0 aliphatic carbocycles. The quantitative estimate of drug-likeness (QED) is 0.446. The topological polar surface area (TPSA) is 85.7 Å². The van der Waals surface area contributed by atoms with Crippen molar-refractivity contribution in [3.63, 3.8) is 0 Å². The lowest BCUT2D eigenvalue weighted by Crippen LogP contribution is -2.64. The number of benzene rings is 2. The number of thiophene rings is 1. The van der Waals surface area contributed by atoms with Crippen LogP contribution >= 0.6 is 11.3 Å². The molecule has 0 bridgehead atoms. The van der Waals surface area contributed by atoms with Crippen LogP contribution < -0.4 is 19.7 Å². The van der Waals surface area contributed by atoms with E-state index in [0.29, 0.717) is 48.3 Å². The van der Waals surface area contributed by atoms with Gasteiger partial charge in [0.25, 0.3) is 5.91 Å². The Hall–Kier alpha value is -4.11. The lowest BCUT2D eigenvalue weighted by atomic mass is 9.93. The Labute approximate surface area is 212 Å². The highest BCUT2D eigenvalue weighted by Gasteiger charge is 2.49. The Bertz CT molecular complexity index is 1430. The van der Waals surface area contributed by atoms with Crippen molar-refractivity contribution in [2.45, 2.75) is 25.6 Å². The van der Waals surface area contributed by atoms with E-state index in [2.05, 4.69) is 5.32 Å². The number of anilines is 1. The highest BCUT2D eigenvalue weighted by Crippen LogP contribution is 2.39. The molecule has 182 valence electrons. The summed E-state index contributed by atoms with van der Waals surface area (Å²) >= 11 is 1.55. The fraction of sp³-hybridized carbons (Fsp3) is 0.222. The molecule has 2 amide bonds. The second-order valence-corrected chi connectivity index (χ2v) is 9.91. The van der Waals surface area contributed by atoms with E-state index in [-0.39, 0.29) is 18.4 Å². The summed E-state index contributed by atoms with van der Waals surface area (Å²) in [5.74, 6) is 0.602. The largest absolute Gasteiger partial charge is 0.486 e. The molecule has 2 aromatic heterocycles. The van der Waals surface area contributed by atoms with Crippen molar-refractivity contribution < 1.29 is 19.1 Å². The normalized spacial score (nSPS) is 18.6. The molecule has 0 radical (unpaired) electrons. The highest BCUT2D eigenvalue weighted by molar-refractivity contribution is 7.13. The van der Waals surface area contributed by atoms with E-state index < -0.39 is 5.54 Å². The number of aromatic nitrogens is 2. The van der Waals surface area contributed by atoms with Crippen LogP contribution in [0, 0.1) is 0 Å². The predicted molar refractivity (Wildman–Crippen MR) is 136 cm³/mol. The Balaban J connectivity index is 1.40. The number of carbonyl (C=O) groups is 2. The zero-order valence-electron chi connectivity index (χ0n) is 19.6. The first-order chi connectivity index (χ1) is 17.5. The minimum atomic E-state index is -1.23. The van der Waals surface area contributed by atoms with Gasteiger partial charge in [-0.1, -0.05) is 36.4 Å². The van der Waals surface area contributed by atoms with Crippen LogP contribution in [-0.4, -0.2) is 40.3 Å². The van der Waals surface area contributed by atoms with E-state index in [9.17, 15) is 9.59 Å². The molecular weight excluding hydrogens is 476 g/mol. The van der Waals surface area contributed by atoms with Gasteiger partial charge < -0.3 is 14.8 Å². The first-order valence-electron chi connectivity index (χ1n) is 11.7. The summed E-state index contributed by atoms with van der Waals surface area (Å²) in [6, 6.07) is 20.7. The number of rotatable bonds is 5. The molecule has 1 unspecified atom stereocenters. The van der Waals surface area contributed by atoms with Crippen LogP contribution in [0.2, 0.25) is 0 Å². The van der Waals surface area contributed by atoms with Crippen LogP contribution in [0.25, 0.3) is 10.6 Å². The number of carbonyl (C=O) groups excluding carboxylic acids is 2. The standard InChI is InChI=1S/C27H24N4O4S/c1-27(26(33)28-16-18-6-3-2-4-7-18)17-30-21(15-20(29-30)24-8-5-13-36-24)25(32)31(27)19-9-10-22-23(14-19)35-12-11-34-22/h2-10,13-15H,11-12,16-17H2,1H3,(H,28,33). The van der Waals surface area contributed by atoms with Crippen molar-refractivity contribution >= 4 is 28.8 Å². The van der Waals surface area contributed by atoms with Gasteiger partial charge in [0, 0.05) is 18.3 Å². The summed E-state index contributed by atoms with van der Waals surface area (Å²) in [5, 5.41) is 9.69. The smallest absolute Gasteiger partial charge is 0.277 e. The molecule has 6 rings (SSSR count). The van der Waals surface area contributed by atoms with E-state index in [1.165, 1.54) is 0 Å². The van der Waals surface area contributed by atoms with E-state index in [1.807, 2.05) is 47.8 Å². The Morgan fingerprint density at radius 1 is 1.06 bits per heavy atom. The molecule has 9 heteroatoms. The monoisotopic (exact) mass is 500 g/mol. The Morgan fingerprint density at radius 2 is 1.86 bits per heavy atom. The van der Waals surface area contributed by atoms with Gasteiger partial charge in [-0.05, 0) is 42.1 Å². The lowest BCUT2D eigenvalue weighted by molar-refractivity contribution is -0.126. The third kappa shape index (κ3) is 3.81. The van der Waals surface area contributed by atoms with E-state index >= 15 is 0 Å². The number of ether oxygens (including phenoxy) is 2. The number of nitrogens with one attached hydrogen (secondary N) is 1. The van der Waals surface area contributed by atoms with Gasteiger partial charge in [0.1, 0.15) is 30.1 Å². The average molecular weight is 501 g/mol. The summed E-state index contributed by atoms with van der Waals surface area (Å²) in [6.45, 7) is 3.23. The first-order valence-corrected chi connectivity index (χ1v) is 12.6. The zero-order valence-corrected chi connectivity index (χ0v) is 20.5. The molecule has 0 saturated heterocycles. The number of amides is 2. The van der Waals surface area contributed by atoms with Crippen molar-refractivity contribution in [3.8, 4) is 22.1 Å². The minimum absolute atomic E-state index is 0.203. The van der Waals surface area contributed by atoms with E-state index in [1.54, 1.807) is 52.1 Å². The van der Waals surface area contributed by atoms with Crippen molar-refractivity contribution in [3.05, 3.63) is 83.4 Å². The van der Waals surface area contributed by atoms with Crippen LogP contribution in [0.15, 0.2) is 72.1 Å². The van der Waals surface area contributed by atoms with Crippen molar-refractivity contribution in [1.82, 2.24) is 15.1 Å². The molecule has 0 saturated carbocycles. The molecule has 2 aromatic carbocycles. The summed E-state index contributed by atoms with van der Waals surface area (Å²) in [5.41, 5.74) is 1.45. The molecule has 4 heterocycles. The maximum Gasteiger partial charge on any atom is 0.277 e. The number of hydrogen-bond acceptors (Lipinski definition) is 6. The number of nitrogens with zero attached hydrogens (tertiary/aromatic N) is 3. The van der Waals surface area contributed by atoms with Gasteiger partial charge >= 0.3 is 0 Å². The molecule has 1 atom stereocenters. The molecule has 0 spiro atoms. The first kappa shape index (κ1) is 22.4. The minimum Gasteiger partial charge on any atom is -0.486 e. The Kier molecular flexibility index (Phi) is 5.49. The average Bonchev–Trinajstić information content (AvgIpc) is 3.58. The highest BCUT2D eigenvalue weighted by atomic mass is 32.1. The van der Waals surface area contributed by atoms with Crippen LogP contribution in [0.5, 0.6) is 11.5 Å². The van der Waals surface area contributed by atoms with Gasteiger partial charge in [-0.25, -0.2) is 0 Å². The summed E-state index contributed by atoms with van der Waals surface area (Å²) in [6.07, 6.45) is 0. The molecule has 8 nitrogen and oxygen atoms in total. The van der Waals surface area contributed by atoms with Crippen molar-refractivity contribution in [2.24, 2.45) is 0 Å². The number of hydrogen-bond donors (Lipinski definition) is 1. The Morgan fingerprint density at radius 3 is 2.64 bits per heavy atom. The third-order valence-electron chi connectivity index (χ3n) is 6.50. The van der Waals surface area contributed by atoms with Crippen molar-refractivity contribution in [1.29, 1.82) is 0 Å². The maximum atomic E-state index is 14.0. The molecule has 4 aromatic rings. The maximum absolute atomic E-state index is 14.0. The fourth-order valence-corrected chi connectivity index (χ4v) is 5.35. The third-order valence-corrected chi connectivity index (χ3v) is 7.39. The van der Waals surface area contributed by atoms with Gasteiger partial charge in [-0.3, -0.25) is 19.2 Å². The summed E-state index contributed by atoms with van der Waals surface area (Å²) in [4.78, 5) is 30.3. The van der Waals surface area contributed by atoms with Gasteiger partial charge in [-0.2, -0.15) is 5.10 Å². The fourth-order valence-electron chi connectivity index (χ4n) is 4.67. The molecule has 36 heavy (non-hydrogen) atoms. The van der Waals surface area contributed by atoms with Crippen molar-refractivity contribution in [2.75, 3.05) is 18.1 Å². The zero-order chi connectivity index (χ0) is 24.7. The summed E-state index contributed by atoms with van der Waals surface area (Å²) in [7, 11) is 0.